The maximum atomic E-state index is 4.52. The van der Waals surface area contributed by atoms with E-state index in [9.17, 15) is 0 Å². The van der Waals surface area contributed by atoms with Crippen LogP contribution in [0, 0.1) is 0 Å². The molecule has 0 spiro atoms. The van der Waals surface area contributed by atoms with Crippen LogP contribution in [0.15, 0.2) is 53.7 Å². The van der Waals surface area contributed by atoms with E-state index in [1.54, 1.807) is 6.34 Å². The maximum Gasteiger partial charge on any atom is 0.106 e. The van der Waals surface area contributed by atoms with Crippen molar-refractivity contribution in [1.29, 1.82) is 0 Å². The Morgan fingerprint density at radius 2 is 2.11 bits per heavy atom. The van der Waals surface area contributed by atoms with E-state index in [4.69, 9.17) is 0 Å². The molecule has 2 aromatic rings. The highest BCUT2D eigenvalue weighted by Gasteiger charge is 2.17. The number of thiophene rings is 1. The molecular formula is C16H16N2S. The van der Waals surface area contributed by atoms with Crippen LogP contribution in [0.3, 0.4) is 0 Å². The Bertz CT molecular complexity index is 599. The van der Waals surface area contributed by atoms with E-state index >= 15 is 0 Å². The quantitative estimate of drug-likeness (QED) is 0.888. The van der Waals surface area contributed by atoms with Gasteiger partial charge in [-0.15, -0.1) is 11.3 Å². The molecule has 1 unspecified atom stereocenters. The Labute approximate surface area is 117 Å². The summed E-state index contributed by atoms with van der Waals surface area (Å²) in [7, 11) is 0. The maximum absolute atomic E-state index is 4.52. The largest absolute Gasteiger partial charge is 0.353 e. The molecule has 96 valence electrons. The van der Waals surface area contributed by atoms with Gasteiger partial charge < -0.3 is 5.32 Å². The van der Waals surface area contributed by atoms with Gasteiger partial charge in [0.15, 0.2) is 0 Å². The molecular weight excluding hydrogens is 252 g/mol. The molecule has 0 bridgehead atoms. The van der Waals surface area contributed by atoms with Crippen LogP contribution in [0.4, 0.5) is 0 Å². The van der Waals surface area contributed by atoms with Crippen LogP contribution in [0.5, 0.6) is 0 Å². The van der Waals surface area contributed by atoms with Crippen LogP contribution in [-0.2, 0) is 6.42 Å². The third kappa shape index (κ3) is 2.47. The Hall–Kier alpha value is -1.87. The zero-order valence-corrected chi connectivity index (χ0v) is 11.7. The number of hydrogen-bond donors (Lipinski definition) is 1. The van der Waals surface area contributed by atoms with E-state index in [0.717, 1.165) is 6.42 Å². The first-order valence-electron chi connectivity index (χ1n) is 6.51. The molecule has 1 atom stereocenters. The van der Waals surface area contributed by atoms with Crippen molar-refractivity contribution in [3.8, 4) is 11.1 Å². The predicted octanol–water partition coefficient (Wildman–Crippen LogP) is 4.16. The summed E-state index contributed by atoms with van der Waals surface area (Å²) in [6, 6.07) is 13.0. The van der Waals surface area contributed by atoms with Gasteiger partial charge in [-0.3, -0.25) is 4.99 Å². The fourth-order valence-electron chi connectivity index (χ4n) is 2.21. The summed E-state index contributed by atoms with van der Waals surface area (Å²) in [5.41, 5.74) is 2.59. The number of nitrogens with zero attached hydrogens (tertiary/aromatic N) is 1. The van der Waals surface area contributed by atoms with Gasteiger partial charge in [0.25, 0.3) is 0 Å². The third-order valence-electron chi connectivity index (χ3n) is 3.20. The van der Waals surface area contributed by atoms with Crippen LogP contribution in [0.2, 0.25) is 0 Å². The molecule has 1 aromatic heterocycles. The Balaban J connectivity index is 2.08. The van der Waals surface area contributed by atoms with Crippen molar-refractivity contribution in [2.45, 2.75) is 19.4 Å². The summed E-state index contributed by atoms with van der Waals surface area (Å²) >= 11 is 1.87. The van der Waals surface area contributed by atoms with Crippen LogP contribution in [0.1, 0.15) is 22.7 Å². The molecule has 3 heteroatoms. The molecule has 2 heterocycles. The van der Waals surface area contributed by atoms with Crippen molar-refractivity contribution in [3.63, 3.8) is 0 Å². The molecule has 0 aliphatic carbocycles. The predicted molar refractivity (Wildman–Crippen MR) is 82.6 cm³/mol. The lowest BCUT2D eigenvalue weighted by Gasteiger charge is -2.12. The van der Waals surface area contributed by atoms with Gasteiger partial charge in [0, 0.05) is 16.0 Å². The van der Waals surface area contributed by atoms with E-state index in [2.05, 4.69) is 59.7 Å². The van der Waals surface area contributed by atoms with Crippen LogP contribution < -0.4 is 5.32 Å². The number of rotatable bonds is 3. The minimum Gasteiger partial charge on any atom is -0.353 e. The van der Waals surface area contributed by atoms with Crippen LogP contribution in [0.25, 0.3) is 11.1 Å². The Morgan fingerprint density at radius 3 is 2.79 bits per heavy atom. The third-order valence-corrected chi connectivity index (χ3v) is 4.55. The summed E-state index contributed by atoms with van der Waals surface area (Å²) in [6.45, 7) is 2.20. The second-order valence-electron chi connectivity index (χ2n) is 4.46. The number of hydrogen-bond acceptors (Lipinski definition) is 3. The SMILES string of the molecule is CCc1cc(-c2ccccc2)c(C2C=CNC=N2)s1. The molecule has 1 N–H and O–H groups in total. The monoisotopic (exact) mass is 268 g/mol. The topological polar surface area (TPSA) is 24.4 Å². The molecule has 1 aliphatic rings. The van der Waals surface area contributed by atoms with E-state index in [0.29, 0.717) is 0 Å². The van der Waals surface area contributed by atoms with Crippen molar-refractivity contribution >= 4 is 17.7 Å². The summed E-state index contributed by atoms with van der Waals surface area (Å²) in [6.07, 6.45) is 6.91. The van der Waals surface area contributed by atoms with Gasteiger partial charge in [0.2, 0.25) is 0 Å². The molecule has 0 radical (unpaired) electrons. The molecule has 0 saturated carbocycles. The highest BCUT2D eigenvalue weighted by molar-refractivity contribution is 7.12. The normalized spacial score (nSPS) is 17.4. The summed E-state index contributed by atoms with van der Waals surface area (Å²) in [5.74, 6) is 0. The van der Waals surface area contributed by atoms with E-state index < -0.39 is 0 Å². The fourth-order valence-corrected chi connectivity index (χ4v) is 3.36. The standard InChI is InChI=1S/C16H16N2S/c1-2-13-10-14(12-6-4-3-5-7-12)16(19-13)15-8-9-17-11-18-15/h3-11,15H,2H2,1H3,(H,17,18). The van der Waals surface area contributed by atoms with Gasteiger partial charge in [0.05, 0.1) is 6.34 Å². The molecule has 19 heavy (non-hydrogen) atoms. The van der Waals surface area contributed by atoms with Gasteiger partial charge in [-0.1, -0.05) is 37.3 Å². The van der Waals surface area contributed by atoms with Crippen molar-refractivity contribution < 1.29 is 0 Å². The summed E-state index contributed by atoms with van der Waals surface area (Å²) in [5, 5.41) is 3.00. The van der Waals surface area contributed by atoms with E-state index in [1.807, 2.05) is 17.5 Å². The summed E-state index contributed by atoms with van der Waals surface area (Å²) < 4.78 is 0. The minimum absolute atomic E-state index is 0.141. The van der Waals surface area contributed by atoms with Crippen molar-refractivity contribution in [2.75, 3.05) is 0 Å². The fraction of sp³-hybridized carbons (Fsp3) is 0.188. The second-order valence-corrected chi connectivity index (χ2v) is 5.63. The van der Waals surface area contributed by atoms with E-state index in [1.165, 1.54) is 20.9 Å². The number of aryl methyl sites for hydroxylation is 1. The van der Waals surface area contributed by atoms with Gasteiger partial charge >= 0.3 is 0 Å². The van der Waals surface area contributed by atoms with Gasteiger partial charge in [-0.25, -0.2) is 0 Å². The Kier molecular flexibility index (Phi) is 3.47. The van der Waals surface area contributed by atoms with Crippen LogP contribution in [-0.4, -0.2) is 6.34 Å². The lowest BCUT2D eigenvalue weighted by molar-refractivity contribution is 0.906. The van der Waals surface area contributed by atoms with Crippen molar-refractivity contribution in [3.05, 3.63) is 58.4 Å². The lowest BCUT2D eigenvalue weighted by atomic mass is 10.0. The first-order valence-corrected chi connectivity index (χ1v) is 7.32. The number of benzene rings is 1. The molecule has 0 fully saturated rings. The average molecular weight is 268 g/mol. The summed E-state index contributed by atoms with van der Waals surface area (Å²) in [4.78, 5) is 7.26. The van der Waals surface area contributed by atoms with Gasteiger partial charge in [-0.05, 0) is 29.7 Å². The zero-order chi connectivity index (χ0) is 13.1. The first kappa shape index (κ1) is 12.2. The second kappa shape index (κ2) is 5.41. The lowest BCUT2D eigenvalue weighted by Crippen LogP contribution is -2.08. The molecule has 0 saturated heterocycles. The van der Waals surface area contributed by atoms with Crippen molar-refractivity contribution in [2.24, 2.45) is 4.99 Å². The number of aliphatic imine (C=N–C) groups is 1. The zero-order valence-electron chi connectivity index (χ0n) is 10.8. The molecule has 0 amide bonds. The molecule has 2 nitrogen and oxygen atoms in total. The highest BCUT2D eigenvalue weighted by Crippen LogP contribution is 2.38. The average Bonchev–Trinajstić information content (AvgIpc) is 2.93. The number of nitrogens with one attached hydrogen (secondary N) is 1. The molecule has 3 rings (SSSR count). The Morgan fingerprint density at radius 1 is 1.26 bits per heavy atom. The van der Waals surface area contributed by atoms with Crippen molar-refractivity contribution in [1.82, 2.24) is 5.32 Å². The molecule has 1 aliphatic heterocycles. The minimum atomic E-state index is 0.141. The smallest absolute Gasteiger partial charge is 0.106 e. The molecule has 1 aromatic carbocycles. The highest BCUT2D eigenvalue weighted by atomic mass is 32.1. The van der Waals surface area contributed by atoms with Gasteiger partial charge in [0.1, 0.15) is 6.04 Å². The van der Waals surface area contributed by atoms with Gasteiger partial charge in [-0.2, -0.15) is 0 Å². The van der Waals surface area contributed by atoms with E-state index in [-0.39, 0.29) is 6.04 Å². The van der Waals surface area contributed by atoms with Crippen LogP contribution >= 0.6 is 11.3 Å². The first-order chi connectivity index (χ1) is 9.38.